The predicted octanol–water partition coefficient (Wildman–Crippen LogP) is 4.15. The van der Waals surface area contributed by atoms with E-state index in [9.17, 15) is 14.4 Å². The second-order valence-electron chi connectivity index (χ2n) is 11.5. The topological polar surface area (TPSA) is 95.9 Å². The van der Waals surface area contributed by atoms with Gasteiger partial charge in [0, 0.05) is 69.0 Å². The van der Waals surface area contributed by atoms with E-state index in [4.69, 9.17) is 14.7 Å². The molecule has 0 unspecified atom stereocenters. The number of rotatable bonds is 7. The van der Waals surface area contributed by atoms with Gasteiger partial charge in [0.2, 0.25) is 5.91 Å². The van der Waals surface area contributed by atoms with E-state index in [-0.39, 0.29) is 29.1 Å². The van der Waals surface area contributed by atoms with Crippen molar-refractivity contribution in [2.24, 2.45) is 5.92 Å². The first-order valence-electron chi connectivity index (χ1n) is 14.1. The Morgan fingerprint density at radius 2 is 1.77 bits per heavy atom. The van der Waals surface area contributed by atoms with Crippen LogP contribution in [-0.2, 0) is 25.5 Å². The van der Waals surface area contributed by atoms with Gasteiger partial charge in [0.05, 0.1) is 18.2 Å². The SMILES string of the molecule is CCOC(=O)[C@H]1CCCN(C(=O)c2cccc(CSc3nc(N4CCN(C(C)=O)CC4)cc(C(C)(C)C)n3)c2)C1. The van der Waals surface area contributed by atoms with Crippen molar-refractivity contribution < 1.29 is 19.1 Å². The molecule has 2 amide bonds. The van der Waals surface area contributed by atoms with Crippen LogP contribution in [0.25, 0.3) is 0 Å². The molecular weight excluding hydrogens is 526 g/mol. The minimum absolute atomic E-state index is 0.0567. The van der Waals surface area contributed by atoms with Crippen LogP contribution in [0.3, 0.4) is 0 Å². The van der Waals surface area contributed by atoms with Crippen LogP contribution in [0.2, 0.25) is 0 Å². The van der Waals surface area contributed by atoms with Gasteiger partial charge in [-0.1, -0.05) is 44.7 Å². The maximum atomic E-state index is 13.3. The number of carbonyl (C=O) groups excluding carboxylic acids is 3. The summed E-state index contributed by atoms with van der Waals surface area (Å²) in [4.78, 5) is 52.9. The monoisotopic (exact) mass is 567 g/mol. The molecule has 2 aliphatic heterocycles. The van der Waals surface area contributed by atoms with Crippen molar-refractivity contribution in [1.82, 2.24) is 19.8 Å². The third-order valence-corrected chi connectivity index (χ3v) is 8.30. The maximum absolute atomic E-state index is 13.3. The molecular formula is C30H41N5O4S. The molecule has 9 nitrogen and oxygen atoms in total. The molecule has 2 aliphatic rings. The van der Waals surface area contributed by atoms with Gasteiger partial charge in [0.1, 0.15) is 5.82 Å². The van der Waals surface area contributed by atoms with Crippen LogP contribution in [-0.4, -0.2) is 83.4 Å². The zero-order valence-electron chi connectivity index (χ0n) is 24.3. The number of carbonyl (C=O) groups is 3. The van der Waals surface area contributed by atoms with Crippen molar-refractivity contribution in [2.75, 3.05) is 50.8 Å². The Bertz CT molecular complexity index is 1220. The molecule has 2 fully saturated rings. The van der Waals surface area contributed by atoms with E-state index in [2.05, 4.69) is 31.7 Å². The Balaban J connectivity index is 1.45. The molecule has 2 aromatic rings. The Morgan fingerprint density at radius 3 is 2.45 bits per heavy atom. The lowest BCUT2D eigenvalue weighted by Gasteiger charge is -2.35. The second-order valence-corrected chi connectivity index (χ2v) is 12.4. The summed E-state index contributed by atoms with van der Waals surface area (Å²) in [6, 6.07) is 9.74. The number of anilines is 1. The van der Waals surface area contributed by atoms with Gasteiger partial charge in [-0.2, -0.15) is 0 Å². The fourth-order valence-electron chi connectivity index (χ4n) is 5.01. The van der Waals surface area contributed by atoms with Gasteiger partial charge >= 0.3 is 5.97 Å². The first-order chi connectivity index (χ1) is 19.0. The Hall–Kier alpha value is -3.14. The van der Waals surface area contributed by atoms with Crippen molar-refractivity contribution in [1.29, 1.82) is 0 Å². The van der Waals surface area contributed by atoms with E-state index in [1.807, 2.05) is 29.2 Å². The largest absolute Gasteiger partial charge is 0.466 e. The van der Waals surface area contributed by atoms with Crippen LogP contribution in [0.1, 0.15) is 69.1 Å². The summed E-state index contributed by atoms with van der Waals surface area (Å²) in [5.41, 5.74) is 2.46. The minimum atomic E-state index is -0.261. The molecule has 0 saturated carbocycles. The van der Waals surface area contributed by atoms with E-state index in [0.717, 1.165) is 43.0 Å². The molecule has 2 saturated heterocycles. The number of esters is 1. The first kappa shape index (κ1) is 29.8. The molecule has 1 aromatic heterocycles. The summed E-state index contributed by atoms with van der Waals surface area (Å²) in [7, 11) is 0. The van der Waals surface area contributed by atoms with E-state index < -0.39 is 0 Å². The van der Waals surface area contributed by atoms with E-state index in [1.165, 1.54) is 0 Å². The van der Waals surface area contributed by atoms with Gasteiger partial charge in [-0.05, 0) is 37.5 Å². The summed E-state index contributed by atoms with van der Waals surface area (Å²) in [6.07, 6.45) is 1.54. The minimum Gasteiger partial charge on any atom is -0.466 e. The van der Waals surface area contributed by atoms with Gasteiger partial charge < -0.3 is 19.4 Å². The molecule has 1 aromatic carbocycles. The summed E-state index contributed by atoms with van der Waals surface area (Å²) < 4.78 is 5.19. The quantitative estimate of drug-likeness (QED) is 0.280. The highest BCUT2D eigenvalue weighted by molar-refractivity contribution is 7.98. The number of nitrogens with zero attached hydrogens (tertiary/aromatic N) is 5. The number of hydrogen-bond acceptors (Lipinski definition) is 8. The van der Waals surface area contributed by atoms with Crippen LogP contribution in [0.5, 0.6) is 0 Å². The second kappa shape index (κ2) is 13.0. The molecule has 0 N–H and O–H groups in total. The fourth-order valence-corrected chi connectivity index (χ4v) is 5.81. The van der Waals surface area contributed by atoms with Crippen molar-refractivity contribution in [3.63, 3.8) is 0 Å². The molecule has 0 radical (unpaired) electrons. The lowest BCUT2D eigenvalue weighted by atomic mass is 9.92. The van der Waals surface area contributed by atoms with Crippen LogP contribution in [0.15, 0.2) is 35.5 Å². The number of ether oxygens (including phenoxy) is 1. The van der Waals surface area contributed by atoms with Crippen molar-refractivity contribution in [3.05, 3.63) is 47.2 Å². The maximum Gasteiger partial charge on any atom is 0.310 e. The van der Waals surface area contributed by atoms with Crippen LogP contribution in [0, 0.1) is 5.92 Å². The number of aromatic nitrogens is 2. The molecule has 0 spiro atoms. The number of likely N-dealkylation sites (tertiary alicyclic amines) is 1. The number of piperazine rings is 1. The zero-order valence-corrected chi connectivity index (χ0v) is 25.1. The normalized spacial score (nSPS) is 18.0. The summed E-state index contributed by atoms with van der Waals surface area (Å²) in [6.45, 7) is 14.1. The Morgan fingerprint density at radius 1 is 1.02 bits per heavy atom. The predicted molar refractivity (Wildman–Crippen MR) is 156 cm³/mol. The third-order valence-electron chi connectivity index (χ3n) is 7.38. The number of hydrogen-bond donors (Lipinski definition) is 0. The number of benzene rings is 1. The molecule has 4 rings (SSSR count). The lowest BCUT2D eigenvalue weighted by Crippen LogP contribution is -2.48. The van der Waals surface area contributed by atoms with Crippen molar-refractivity contribution in [2.45, 2.75) is 63.8 Å². The highest BCUT2D eigenvalue weighted by atomic mass is 32.2. The summed E-state index contributed by atoms with van der Waals surface area (Å²) >= 11 is 1.55. The fraction of sp³-hybridized carbons (Fsp3) is 0.567. The van der Waals surface area contributed by atoms with E-state index in [0.29, 0.717) is 49.3 Å². The first-order valence-corrected chi connectivity index (χ1v) is 15.1. The highest BCUT2D eigenvalue weighted by Crippen LogP contribution is 2.29. The number of piperidine rings is 1. The molecule has 3 heterocycles. The van der Waals surface area contributed by atoms with E-state index >= 15 is 0 Å². The molecule has 0 bridgehead atoms. The molecule has 10 heteroatoms. The molecule has 40 heavy (non-hydrogen) atoms. The van der Waals surface area contributed by atoms with Gasteiger partial charge in [-0.3, -0.25) is 14.4 Å². The van der Waals surface area contributed by atoms with Gasteiger partial charge in [-0.15, -0.1) is 0 Å². The summed E-state index contributed by atoms with van der Waals surface area (Å²) in [5, 5.41) is 0.696. The average molecular weight is 568 g/mol. The standard InChI is InChI=1S/C30H41N5O4S/c1-6-39-28(38)24-11-8-12-35(19-24)27(37)23-10-7-9-22(17-23)20-40-29-31-25(30(3,4)5)18-26(32-29)34-15-13-33(14-16-34)21(2)36/h7,9-10,17-18,24H,6,8,11-16,19-20H2,1-5H3/t24-/m0/s1. The Labute approximate surface area is 241 Å². The highest BCUT2D eigenvalue weighted by Gasteiger charge is 2.30. The average Bonchev–Trinajstić information content (AvgIpc) is 2.95. The number of amides is 2. The van der Waals surface area contributed by atoms with Crippen molar-refractivity contribution >= 4 is 35.4 Å². The molecule has 1 atom stereocenters. The third kappa shape index (κ3) is 7.53. The Kier molecular flexibility index (Phi) is 9.71. The molecule has 216 valence electrons. The van der Waals surface area contributed by atoms with Gasteiger partial charge in [-0.25, -0.2) is 9.97 Å². The zero-order chi connectivity index (χ0) is 28.9. The van der Waals surface area contributed by atoms with Crippen molar-refractivity contribution in [3.8, 4) is 0 Å². The van der Waals surface area contributed by atoms with Gasteiger partial charge in [0.15, 0.2) is 5.16 Å². The van der Waals surface area contributed by atoms with Crippen LogP contribution < -0.4 is 4.90 Å². The smallest absolute Gasteiger partial charge is 0.310 e. The summed E-state index contributed by atoms with van der Waals surface area (Å²) in [5.74, 6) is 1.08. The van der Waals surface area contributed by atoms with Crippen LogP contribution >= 0.6 is 11.8 Å². The number of thioether (sulfide) groups is 1. The molecule has 0 aliphatic carbocycles. The van der Waals surface area contributed by atoms with Gasteiger partial charge in [0.25, 0.3) is 5.91 Å². The lowest BCUT2D eigenvalue weighted by molar-refractivity contribution is -0.149. The van der Waals surface area contributed by atoms with E-state index in [1.54, 1.807) is 30.5 Å². The van der Waals surface area contributed by atoms with Crippen LogP contribution in [0.4, 0.5) is 5.82 Å².